The molecular weight excluding hydrogens is 200 g/mol. The van der Waals surface area contributed by atoms with Crippen LogP contribution in [0.3, 0.4) is 0 Å². The molecule has 82 valence electrons. The van der Waals surface area contributed by atoms with E-state index in [2.05, 4.69) is 0 Å². The molecule has 0 aromatic carbocycles. The minimum Gasteiger partial charge on any atom is -0.450 e. The van der Waals surface area contributed by atoms with E-state index in [0.29, 0.717) is 0 Å². The summed E-state index contributed by atoms with van der Waals surface area (Å²) in [5.74, 6) is -0.759. The van der Waals surface area contributed by atoms with E-state index in [1.165, 1.54) is 13.8 Å². The van der Waals surface area contributed by atoms with Crippen LogP contribution in [0.5, 0.6) is 0 Å². The van der Waals surface area contributed by atoms with Crippen molar-refractivity contribution < 1.29 is 39.6 Å². The van der Waals surface area contributed by atoms with Crippen LogP contribution in [-0.2, 0) is 9.59 Å². The Morgan fingerprint density at radius 2 is 0.714 bits per heavy atom. The van der Waals surface area contributed by atoms with Crippen molar-refractivity contribution in [3.05, 3.63) is 0 Å². The molecular formula is C6H10O8. The highest BCUT2D eigenvalue weighted by atomic mass is 16.6. The molecule has 0 saturated heterocycles. The number of ketones is 2. The number of rotatable bonds is 1. The maximum absolute atomic E-state index is 9.79. The van der Waals surface area contributed by atoms with Gasteiger partial charge in [-0.25, -0.2) is 9.59 Å². The summed E-state index contributed by atoms with van der Waals surface area (Å²) < 4.78 is 0. The average Bonchev–Trinajstić information content (AvgIpc) is 1.83. The number of Topliss-reactive ketones (excluding diaryl/α,β-unsaturated/α-hetero) is 2. The van der Waals surface area contributed by atoms with Gasteiger partial charge in [0.05, 0.1) is 0 Å². The lowest BCUT2D eigenvalue weighted by Crippen LogP contribution is -2.01. The highest BCUT2D eigenvalue weighted by Crippen LogP contribution is 1.66. The first-order valence-electron chi connectivity index (χ1n) is 2.96. The van der Waals surface area contributed by atoms with E-state index in [1.807, 2.05) is 0 Å². The van der Waals surface area contributed by atoms with Crippen molar-refractivity contribution in [2.45, 2.75) is 13.8 Å². The zero-order valence-electron chi connectivity index (χ0n) is 7.42. The number of hydrogen-bond acceptors (Lipinski definition) is 4. The van der Waals surface area contributed by atoms with Gasteiger partial charge < -0.3 is 20.4 Å². The summed E-state index contributed by atoms with van der Waals surface area (Å²) in [6, 6.07) is 0. The number of carbonyl (C=O) groups excluding carboxylic acids is 2. The predicted octanol–water partition coefficient (Wildman–Crippen LogP) is 0.609. The second kappa shape index (κ2) is 10.9. The molecule has 0 atom stereocenters. The Kier molecular flexibility index (Phi) is 13.9. The molecule has 0 amide bonds. The summed E-state index contributed by atoms with van der Waals surface area (Å²) in [4.78, 5) is 36.7. The summed E-state index contributed by atoms with van der Waals surface area (Å²) >= 11 is 0. The van der Waals surface area contributed by atoms with Crippen LogP contribution in [0.1, 0.15) is 13.8 Å². The lowest BCUT2D eigenvalue weighted by atomic mass is 10.3. The fourth-order valence-corrected chi connectivity index (χ4v) is 0. The second-order valence-electron chi connectivity index (χ2n) is 1.68. The van der Waals surface area contributed by atoms with Crippen LogP contribution in [0.25, 0.3) is 0 Å². The van der Waals surface area contributed by atoms with Gasteiger partial charge in [0.2, 0.25) is 0 Å². The normalized spacial score (nSPS) is 6.71. The van der Waals surface area contributed by atoms with Gasteiger partial charge in [-0.2, -0.15) is 0 Å². The minimum absolute atomic E-state index is 0.380. The molecule has 0 rings (SSSR count). The summed E-state index contributed by atoms with van der Waals surface area (Å²) in [5.41, 5.74) is 0. The Morgan fingerprint density at radius 3 is 0.714 bits per heavy atom. The average molecular weight is 210 g/mol. The summed E-state index contributed by atoms with van der Waals surface area (Å²) in [6.45, 7) is 2.50. The molecule has 0 heterocycles. The van der Waals surface area contributed by atoms with Crippen LogP contribution in [0.4, 0.5) is 9.59 Å². The monoisotopic (exact) mass is 210 g/mol. The van der Waals surface area contributed by atoms with Crippen molar-refractivity contribution in [2.75, 3.05) is 0 Å². The van der Waals surface area contributed by atoms with E-state index in [9.17, 15) is 9.59 Å². The lowest BCUT2D eigenvalue weighted by Gasteiger charge is -1.73. The fourth-order valence-electron chi connectivity index (χ4n) is 0. The first kappa shape index (κ1) is 17.8. The molecule has 0 bridgehead atoms. The first-order chi connectivity index (χ1) is 6.11. The maximum atomic E-state index is 9.79. The van der Waals surface area contributed by atoms with Gasteiger partial charge in [-0.3, -0.25) is 9.59 Å². The Bertz CT molecular complexity index is 186. The van der Waals surface area contributed by atoms with E-state index >= 15 is 0 Å². The molecule has 8 heteroatoms. The van der Waals surface area contributed by atoms with Gasteiger partial charge in [0.15, 0.2) is 11.6 Å². The van der Waals surface area contributed by atoms with E-state index < -0.39 is 12.3 Å². The van der Waals surface area contributed by atoms with Crippen molar-refractivity contribution in [3.8, 4) is 0 Å². The van der Waals surface area contributed by atoms with Crippen molar-refractivity contribution in [3.63, 3.8) is 0 Å². The lowest BCUT2D eigenvalue weighted by molar-refractivity contribution is -0.134. The molecule has 0 fully saturated rings. The topological polar surface area (TPSA) is 149 Å². The molecule has 0 aromatic heterocycles. The number of hydrogen-bond donors (Lipinski definition) is 4. The predicted molar refractivity (Wildman–Crippen MR) is 42.7 cm³/mol. The van der Waals surface area contributed by atoms with Gasteiger partial charge in [-0.15, -0.1) is 0 Å². The number of carbonyl (C=O) groups is 4. The van der Waals surface area contributed by atoms with Gasteiger partial charge in [0, 0.05) is 13.8 Å². The molecule has 0 aromatic rings. The van der Waals surface area contributed by atoms with Crippen LogP contribution < -0.4 is 0 Å². The summed E-state index contributed by atoms with van der Waals surface area (Å²) in [6.07, 6.45) is -3.67. The van der Waals surface area contributed by atoms with Gasteiger partial charge in [-0.1, -0.05) is 0 Å². The molecule has 0 aliphatic rings. The SMILES string of the molecule is CC(=O)C(C)=O.O=C(O)O.O=C(O)O. The van der Waals surface area contributed by atoms with Crippen LogP contribution in [0.2, 0.25) is 0 Å². The zero-order chi connectivity index (χ0) is 12.3. The van der Waals surface area contributed by atoms with Crippen molar-refractivity contribution in [2.24, 2.45) is 0 Å². The van der Waals surface area contributed by atoms with Crippen LogP contribution in [0, 0.1) is 0 Å². The van der Waals surface area contributed by atoms with Crippen LogP contribution >= 0.6 is 0 Å². The molecule has 0 aliphatic heterocycles. The van der Waals surface area contributed by atoms with Crippen molar-refractivity contribution in [1.82, 2.24) is 0 Å². The molecule has 0 aliphatic carbocycles. The van der Waals surface area contributed by atoms with E-state index in [1.54, 1.807) is 0 Å². The second-order valence-corrected chi connectivity index (χ2v) is 1.68. The zero-order valence-corrected chi connectivity index (χ0v) is 7.42. The molecule has 4 N–H and O–H groups in total. The van der Waals surface area contributed by atoms with Gasteiger partial charge in [0.25, 0.3) is 0 Å². The fraction of sp³-hybridized carbons (Fsp3) is 0.333. The summed E-state index contributed by atoms with van der Waals surface area (Å²) in [7, 11) is 0. The Balaban J connectivity index is -0.000000135. The van der Waals surface area contributed by atoms with E-state index in [4.69, 9.17) is 30.0 Å². The molecule has 0 spiro atoms. The van der Waals surface area contributed by atoms with Gasteiger partial charge >= 0.3 is 12.3 Å². The standard InChI is InChI=1S/C4H6O2.2CH2O3/c1-3(5)4(2)6;2*2-1(3)4/h1-2H3;2*(H2,2,3,4). The minimum atomic E-state index is -1.83. The highest BCUT2D eigenvalue weighted by Gasteiger charge is 1.94. The maximum Gasteiger partial charge on any atom is 0.503 e. The molecule has 0 unspecified atom stereocenters. The van der Waals surface area contributed by atoms with Crippen molar-refractivity contribution in [1.29, 1.82) is 0 Å². The molecule has 0 radical (unpaired) electrons. The van der Waals surface area contributed by atoms with Crippen LogP contribution in [-0.4, -0.2) is 44.3 Å². The third-order valence-corrected chi connectivity index (χ3v) is 0.496. The largest absolute Gasteiger partial charge is 0.503 e. The first-order valence-corrected chi connectivity index (χ1v) is 2.96. The quantitative estimate of drug-likeness (QED) is 0.459. The smallest absolute Gasteiger partial charge is 0.450 e. The van der Waals surface area contributed by atoms with Gasteiger partial charge in [0.1, 0.15) is 0 Å². The van der Waals surface area contributed by atoms with Gasteiger partial charge in [-0.05, 0) is 0 Å². The molecule has 8 nitrogen and oxygen atoms in total. The number of carboxylic acid groups (broad SMARTS) is 4. The highest BCUT2D eigenvalue weighted by molar-refractivity contribution is 6.35. The molecule has 14 heavy (non-hydrogen) atoms. The van der Waals surface area contributed by atoms with E-state index in [-0.39, 0.29) is 11.6 Å². The van der Waals surface area contributed by atoms with Crippen LogP contribution in [0.15, 0.2) is 0 Å². The molecule has 0 saturated carbocycles. The third-order valence-electron chi connectivity index (χ3n) is 0.496. The Labute approximate surface area is 78.4 Å². The Morgan fingerprint density at radius 1 is 0.643 bits per heavy atom. The van der Waals surface area contributed by atoms with Crippen molar-refractivity contribution >= 4 is 23.9 Å². The Hall–Kier alpha value is -2.12. The third kappa shape index (κ3) is 220. The van der Waals surface area contributed by atoms with E-state index in [0.717, 1.165) is 0 Å². The summed E-state index contributed by atoms with van der Waals surface area (Å²) in [5, 5.41) is 27.9.